The van der Waals surface area contributed by atoms with E-state index in [0.717, 1.165) is 59.3 Å². The maximum atomic E-state index is 11.2. The van der Waals surface area contributed by atoms with E-state index in [-0.39, 0.29) is 5.41 Å². The molecule has 2 aromatic carbocycles. The monoisotopic (exact) mass is 486 g/mol. The van der Waals surface area contributed by atoms with Crippen molar-refractivity contribution in [2.24, 2.45) is 5.41 Å². The summed E-state index contributed by atoms with van der Waals surface area (Å²) in [6.07, 6.45) is 3.49. The third-order valence-corrected chi connectivity index (χ3v) is 6.04. The molecule has 1 unspecified atom stereocenters. The first-order valence-electron chi connectivity index (χ1n) is 11.9. The van der Waals surface area contributed by atoms with Gasteiger partial charge in [0.05, 0.1) is 28.9 Å². The molecule has 1 aromatic heterocycles. The number of carbonyl (C=O) groups is 1. The van der Waals surface area contributed by atoms with E-state index >= 15 is 0 Å². The molecule has 0 aliphatic heterocycles. The molecule has 3 aromatic rings. The summed E-state index contributed by atoms with van der Waals surface area (Å²) >= 11 is 6.34. The number of fused-ring (bicyclic) bond motifs is 1. The van der Waals surface area contributed by atoms with Crippen molar-refractivity contribution in [1.82, 2.24) is 5.16 Å². The Morgan fingerprint density at radius 1 is 1.26 bits per heavy atom. The molecule has 7 heteroatoms. The fourth-order valence-electron chi connectivity index (χ4n) is 3.91. The van der Waals surface area contributed by atoms with Gasteiger partial charge in [-0.3, -0.25) is 4.79 Å². The van der Waals surface area contributed by atoms with Crippen LogP contribution < -0.4 is 10.1 Å². The molecule has 6 nitrogen and oxygen atoms in total. The van der Waals surface area contributed by atoms with E-state index in [2.05, 4.69) is 44.2 Å². The van der Waals surface area contributed by atoms with E-state index in [1.54, 1.807) is 19.1 Å². The van der Waals surface area contributed by atoms with Gasteiger partial charge in [-0.15, -0.1) is 0 Å². The Morgan fingerprint density at radius 3 is 2.68 bits per heavy atom. The van der Waals surface area contributed by atoms with E-state index in [1.165, 1.54) is 0 Å². The zero-order valence-electron chi connectivity index (χ0n) is 20.7. The number of halogens is 1. The van der Waals surface area contributed by atoms with Crippen LogP contribution in [0.1, 0.15) is 70.2 Å². The van der Waals surface area contributed by atoms with Crippen LogP contribution in [-0.2, 0) is 17.6 Å². The molecule has 1 atom stereocenters. The standard InChI is InChI=1S/C27H35ClN2O4/c1-6-8-20-24(12-10-19-23(16-27(3,4)5)30-34-25(19)20)33-14-7-13-29-22-11-9-18(15-21(22)28)17(2)26(31)32/h9-12,15,17,29H,6-8,13-14,16H2,1-5H3,(H,31,32). The molecule has 0 radical (unpaired) electrons. The van der Waals surface area contributed by atoms with E-state index in [1.807, 2.05) is 12.1 Å². The molecule has 0 aliphatic rings. The summed E-state index contributed by atoms with van der Waals surface area (Å²) in [5.41, 5.74) is 4.50. The summed E-state index contributed by atoms with van der Waals surface area (Å²) in [6, 6.07) is 9.41. The summed E-state index contributed by atoms with van der Waals surface area (Å²) in [5, 5.41) is 18.4. The third-order valence-electron chi connectivity index (χ3n) is 5.73. The van der Waals surface area contributed by atoms with Gasteiger partial charge in [-0.1, -0.05) is 56.9 Å². The number of ether oxygens (including phenoxy) is 1. The average Bonchev–Trinajstić information content (AvgIpc) is 3.16. The second-order valence-corrected chi connectivity index (χ2v) is 10.4. The van der Waals surface area contributed by atoms with Crippen molar-refractivity contribution < 1.29 is 19.2 Å². The predicted octanol–water partition coefficient (Wildman–Crippen LogP) is 7.09. The van der Waals surface area contributed by atoms with Crippen LogP contribution in [0.2, 0.25) is 5.02 Å². The Bertz CT molecular complexity index is 1130. The molecular formula is C27H35ClN2O4. The van der Waals surface area contributed by atoms with Crippen LogP contribution in [0.4, 0.5) is 5.69 Å². The Kier molecular flexibility index (Phi) is 8.47. The van der Waals surface area contributed by atoms with Crippen molar-refractivity contribution >= 4 is 34.2 Å². The Balaban J connectivity index is 1.60. The molecule has 2 N–H and O–H groups in total. The lowest BCUT2D eigenvalue weighted by molar-refractivity contribution is -0.138. The number of anilines is 1. The van der Waals surface area contributed by atoms with Crippen molar-refractivity contribution in [1.29, 1.82) is 0 Å². The number of hydrogen-bond donors (Lipinski definition) is 2. The van der Waals surface area contributed by atoms with E-state index in [9.17, 15) is 4.79 Å². The van der Waals surface area contributed by atoms with Gasteiger partial charge < -0.3 is 19.7 Å². The van der Waals surface area contributed by atoms with Crippen molar-refractivity contribution in [3.05, 3.63) is 52.2 Å². The topological polar surface area (TPSA) is 84.6 Å². The summed E-state index contributed by atoms with van der Waals surface area (Å²) in [6.45, 7) is 11.6. The number of hydrogen-bond acceptors (Lipinski definition) is 5. The van der Waals surface area contributed by atoms with Gasteiger partial charge in [-0.2, -0.15) is 0 Å². The largest absolute Gasteiger partial charge is 0.493 e. The van der Waals surface area contributed by atoms with Crippen molar-refractivity contribution in [3.63, 3.8) is 0 Å². The maximum absolute atomic E-state index is 11.2. The van der Waals surface area contributed by atoms with Crippen LogP contribution in [0.5, 0.6) is 5.75 Å². The Morgan fingerprint density at radius 2 is 2.03 bits per heavy atom. The van der Waals surface area contributed by atoms with Crippen LogP contribution in [0, 0.1) is 5.41 Å². The van der Waals surface area contributed by atoms with Gasteiger partial charge in [0.25, 0.3) is 0 Å². The van der Waals surface area contributed by atoms with Crippen molar-refractivity contribution in [2.45, 2.75) is 66.2 Å². The quantitative estimate of drug-likeness (QED) is 0.281. The molecule has 34 heavy (non-hydrogen) atoms. The lowest BCUT2D eigenvalue weighted by Crippen LogP contribution is -2.10. The van der Waals surface area contributed by atoms with Gasteiger partial charge in [-0.05, 0) is 61.4 Å². The Labute approximate surface area is 206 Å². The molecule has 0 saturated carbocycles. The van der Waals surface area contributed by atoms with Crippen LogP contribution in [0.3, 0.4) is 0 Å². The molecule has 0 amide bonds. The summed E-state index contributed by atoms with van der Waals surface area (Å²) in [7, 11) is 0. The van der Waals surface area contributed by atoms with E-state index in [0.29, 0.717) is 23.7 Å². The van der Waals surface area contributed by atoms with Crippen LogP contribution in [-0.4, -0.2) is 29.4 Å². The number of aliphatic carboxylic acids is 1. The van der Waals surface area contributed by atoms with Crippen LogP contribution in [0.15, 0.2) is 34.9 Å². The lowest BCUT2D eigenvalue weighted by Gasteiger charge is -2.16. The van der Waals surface area contributed by atoms with Gasteiger partial charge in [0, 0.05) is 17.5 Å². The van der Waals surface area contributed by atoms with Crippen molar-refractivity contribution in [2.75, 3.05) is 18.5 Å². The molecule has 1 heterocycles. The minimum Gasteiger partial charge on any atom is -0.493 e. The van der Waals surface area contributed by atoms with Gasteiger partial charge >= 0.3 is 5.97 Å². The molecular weight excluding hydrogens is 452 g/mol. The van der Waals surface area contributed by atoms with Gasteiger partial charge in [-0.25, -0.2) is 0 Å². The average molecular weight is 487 g/mol. The molecule has 0 spiro atoms. The molecule has 0 fully saturated rings. The first kappa shape index (κ1) is 25.9. The van der Waals surface area contributed by atoms with Gasteiger partial charge in [0.1, 0.15) is 5.75 Å². The molecule has 0 saturated heterocycles. The van der Waals surface area contributed by atoms with Crippen molar-refractivity contribution in [3.8, 4) is 5.75 Å². The van der Waals surface area contributed by atoms with Crippen LogP contribution in [0.25, 0.3) is 11.0 Å². The zero-order valence-corrected chi connectivity index (χ0v) is 21.5. The normalized spacial score (nSPS) is 12.6. The molecule has 0 aliphatic carbocycles. The number of nitrogens with one attached hydrogen (secondary N) is 1. The second kappa shape index (κ2) is 11.1. The summed E-state index contributed by atoms with van der Waals surface area (Å²) in [5.74, 6) is -0.619. The lowest BCUT2D eigenvalue weighted by atomic mass is 9.89. The highest BCUT2D eigenvalue weighted by atomic mass is 35.5. The number of carboxylic acid groups (broad SMARTS) is 1. The number of nitrogens with zero attached hydrogens (tertiary/aromatic N) is 1. The molecule has 3 rings (SSSR count). The number of carboxylic acids is 1. The SMILES string of the molecule is CCCc1c(OCCCNc2ccc(C(C)C(=O)O)cc2Cl)ccc2c(CC(C)(C)C)noc12. The Hall–Kier alpha value is -2.73. The zero-order chi connectivity index (χ0) is 24.9. The smallest absolute Gasteiger partial charge is 0.310 e. The number of aromatic nitrogens is 1. The maximum Gasteiger partial charge on any atom is 0.310 e. The van der Waals surface area contributed by atoms with Crippen LogP contribution >= 0.6 is 11.6 Å². The molecule has 184 valence electrons. The number of rotatable bonds is 11. The third kappa shape index (κ3) is 6.44. The first-order valence-corrected chi connectivity index (χ1v) is 12.3. The fourth-order valence-corrected chi connectivity index (χ4v) is 4.16. The number of benzene rings is 2. The molecule has 0 bridgehead atoms. The fraction of sp³-hybridized carbons (Fsp3) is 0.481. The highest BCUT2D eigenvalue weighted by Gasteiger charge is 2.20. The summed E-state index contributed by atoms with van der Waals surface area (Å²) < 4.78 is 11.9. The highest BCUT2D eigenvalue weighted by molar-refractivity contribution is 6.33. The number of aryl methyl sites for hydroxylation is 1. The van der Waals surface area contributed by atoms with Gasteiger partial charge in [0.2, 0.25) is 0 Å². The van der Waals surface area contributed by atoms with E-state index in [4.69, 9.17) is 26.0 Å². The minimum atomic E-state index is -0.870. The minimum absolute atomic E-state index is 0.134. The first-order chi connectivity index (χ1) is 16.1. The highest BCUT2D eigenvalue weighted by Crippen LogP contribution is 2.34. The van der Waals surface area contributed by atoms with Gasteiger partial charge in [0.15, 0.2) is 5.58 Å². The predicted molar refractivity (Wildman–Crippen MR) is 137 cm³/mol. The second-order valence-electron chi connectivity index (χ2n) is 9.96. The van der Waals surface area contributed by atoms with E-state index < -0.39 is 11.9 Å². The summed E-state index contributed by atoms with van der Waals surface area (Å²) in [4.78, 5) is 11.2.